The van der Waals surface area contributed by atoms with Crippen molar-refractivity contribution in [2.24, 2.45) is 0 Å². The summed E-state index contributed by atoms with van der Waals surface area (Å²) >= 11 is 9.69. The number of ether oxygens (including phenoxy) is 1. The molecule has 3 rings (SSSR count). The van der Waals surface area contributed by atoms with Gasteiger partial charge in [-0.25, -0.2) is 0 Å². The molecule has 1 saturated heterocycles. The van der Waals surface area contributed by atoms with E-state index in [2.05, 4.69) is 15.9 Å². The van der Waals surface area contributed by atoms with Gasteiger partial charge in [0.25, 0.3) is 11.7 Å². The second-order valence-corrected chi connectivity index (χ2v) is 8.75. The highest BCUT2D eigenvalue weighted by atomic mass is 79.9. The van der Waals surface area contributed by atoms with Crippen molar-refractivity contribution in [2.45, 2.75) is 13.0 Å². The van der Waals surface area contributed by atoms with Crippen LogP contribution >= 0.6 is 27.5 Å². The molecule has 164 valence electrons. The summed E-state index contributed by atoms with van der Waals surface area (Å²) in [7, 11) is 3.79. The van der Waals surface area contributed by atoms with Gasteiger partial charge in [-0.2, -0.15) is 0 Å². The quantitative estimate of drug-likeness (QED) is 0.340. The Kier molecular flexibility index (Phi) is 7.41. The molecule has 2 aromatic rings. The number of halogens is 2. The molecule has 2 aromatic carbocycles. The maximum absolute atomic E-state index is 13.0. The molecule has 8 heteroatoms. The number of benzene rings is 2. The van der Waals surface area contributed by atoms with Crippen molar-refractivity contribution < 1.29 is 19.4 Å². The summed E-state index contributed by atoms with van der Waals surface area (Å²) in [6.07, 6.45) is 0. The molecule has 0 aromatic heterocycles. The lowest BCUT2D eigenvalue weighted by Gasteiger charge is -2.26. The molecule has 1 aliphatic rings. The van der Waals surface area contributed by atoms with Crippen LogP contribution in [-0.4, -0.2) is 60.4 Å². The molecule has 1 fully saturated rings. The van der Waals surface area contributed by atoms with Gasteiger partial charge in [-0.1, -0.05) is 39.7 Å². The van der Waals surface area contributed by atoms with E-state index < -0.39 is 17.7 Å². The third-order valence-electron chi connectivity index (χ3n) is 5.02. The number of nitrogens with zero attached hydrogens (tertiary/aromatic N) is 2. The first kappa shape index (κ1) is 23.3. The zero-order valence-corrected chi connectivity index (χ0v) is 19.9. The molecule has 1 heterocycles. The first-order chi connectivity index (χ1) is 14.7. The Hall–Kier alpha value is -2.35. The Bertz CT molecular complexity index is 1020. The fraction of sp³-hybridized carbons (Fsp3) is 0.304. The highest BCUT2D eigenvalue weighted by Gasteiger charge is 2.45. The molecule has 1 aliphatic heterocycles. The van der Waals surface area contributed by atoms with Crippen LogP contribution in [0.25, 0.3) is 5.76 Å². The van der Waals surface area contributed by atoms with E-state index >= 15 is 0 Å². The Labute approximate surface area is 195 Å². The van der Waals surface area contributed by atoms with Crippen LogP contribution in [0, 0.1) is 0 Å². The summed E-state index contributed by atoms with van der Waals surface area (Å²) in [6.45, 7) is 3.22. The highest BCUT2D eigenvalue weighted by Crippen LogP contribution is 2.40. The molecule has 0 radical (unpaired) electrons. The molecule has 1 amide bonds. The largest absolute Gasteiger partial charge is 0.507 e. The van der Waals surface area contributed by atoms with E-state index in [0.29, 0.717) is 36.0 Å². The number of rotatable bonds is 7. The Morgan fingerprint density at radius 1 is 1.19 bits per heavy atom. The summed E-state index contributed by atoms with van der Waals surface area (Å²) in [6, 6.07) is 11.5. The molecular formula is C23H24BrClN2O4. The number of amides is 1. The summed E-state index contributed by atoms with van der Waals surface area (Å²) in [4.78, 5) is 29.3. The summed E-state index contributed by atoms with van der Waals surface area (Å²) in [5.74, 6) is -1.12. The minimum Gasteiger partial charge on any atom is -0.507 e. The van der Waals surface area contributed by atoms with E-state index in [-0.39, 0.29) is 11.3 Å². The van der Waals surface area contributed by atoms with E-state index in [4.69, 9.17) is 16.3 Å². The zero-order valence-electron chi connectivity index (χ0n) is 17.6. The Morgan fingerprint density at radius 3 is 2.45 bits per heavy atom. The van der Waals surface area contributed by atoms with Crippen LogP contribution in [0.3, 0.4) is 0 Å². The first-order valence-corrected chi connectivity index (χ1v) is 11.0. The van der Waals surface area contributed by atoms with Gasteiger partial charge >= 0.3 is 0 Å². The van der Waals surface area contributed by atoms with Gasteiger partial charge in [-0.15, -0.1) is 0 Å². The zero-order chi connectivity index (χ0) is 22.7. The van der Waals surface area contributed by atoms with Crippen molar-refractivity contribution in [2.75, 3.05) is 33.8 Å². The average molecular weight is 508 g/mol. The molecule has 0 unspecified atom stereocenters. The van der Waals surface area contributed by atoms with Crippen molar-refractivity contribution in [1.82, 2.24) is 9.80 Å². The predicted octanol–water partition coefficient (Wildman–Crippen LogP) is 4.48. The van der Waals surface area contributed by atoms with Gasteiger partial charge in [0, 0.05) is 23.1 Å². The van der Waals surface area contributed by atoms with Gasteiger partial charge < -0.3 is 19.6 Å². The van der Waals surface area contributed by atoms with Gasteiger partial charge in [0.1, 0.15) is 11.5 Å². The SMILES string of the molecule is CCOc1ccc(C(O)=C2C(=O)C(=O)N(CCN(C)C)[C@@H]2c2ccc(Br)cc2)cc1Cl. The van der Waals surface area contributed by atoms with E-state index in [1.165, 1.54) is 11.0 Å². The highest BCUT2D eigenvalue weighted by molar-refractivity contribution is 9.10. The van der Waals surface area contributed by atoms with E-state index in [1.807, 2.05) is 50.2 Å². The third-order valence-corrected chi connectivity index (χ3v) is 5.84. The van der Waals surface area contributed by atoms with Crippen LogP contribution in [0.2, 0.25) is 5.02 Å². The van der Waals surface area contributed by atoms with Gasteiger partial charge in [-0.05, 0) is 56.9 Å². The fourth-order valence-electron chi connectivity index (χ4n) is 3.49. The maximum Gasteiger partial charge on any atom is 0.295 e. The number of aliphatic hydroxyl groups excluding tert-OH is 1. The minimum atomic E-state index is -0.714. The molecule has 6 nitrogen and oxygen atoms in total. The van der Waals surface area contributed by atoms with Crippen LogP contribution in [0.15, 0.2) is 52.5 Å². The van der Waals surface area contributed by atoms with E-state index in [1.54, 1.807) is 12.1 Å². The number of ketones is 1. The summed E-state index contributed by atoms with van der Waals surface area (Å²) < 4.78 is 6.31. The number of hydrogen-bond donors (Lipinski definition) is 1. The molecule has 0 aliphatic carbocycles. The molecular weight excluding hydrogens is 484 g/mol. The Balaban J connectivity index is 2.12. The van der Waals surface area contributed by atoms with Gasteiger partial charge in [-0.3, -0.25) is 9.59 Å². The van der Waals surface area contributed by atoms with Crippen LogP contribution in [-0.2, 0) is 9.59 Å². The summed E-state index contributed by atoms with van der Waals surface area (Å²) in [5, 5.41) is 11.4. The molecule has 31 heavy (non-hydrogen) atoms. The number of likely N-dealkylation sites (tertiary alicyclic amines) is 1. The topological polar surface area (TPSA) is 70.1 Å². The lowest BCUT2D eigenvalue weighted by atomic mass is 9.95. The van der Waals surface area contributed by atoms with Crippen molar-refractivity contribution in [3.05, 3.63) is 68.7 Å². The lowest BCUT2D eigenvalue weighted by molar-refractivity contribution is -0.140. The second kappa shape index (κ2) is 9.85. The van der Waals surface area contributed by atoms with Gasteiger partial charge in [0.05, 0.1) is 23.2 Å². The second-order valence-electron chi connectivity index (χ2n) is 7.43. The van der Waals surface area contributed by atoms with Crippen molar-refractivity contribution in [3.8, 4) is 5.75 Å². The van der Waals surface area contributed by atoms with E-state index in [0.717, 1.165) is 10.0 Å². The molecule has 0 bridgehead atoms. The van der Waals surface area contributed by atoms with Crippen molar-refractivity contribution in [3.63, 3.8) is 0 Å². The van der Waals surface area contributed by atoms with Crippen LogP contribution in [0.4, 0.5) is 0 Å². The number of Topliss-reactive ketones (excluding diaryl/α,β-unsaturated/α-hetero) is 1. The molecule has 0 saturated carbocycles. The van der Waals surface area contributed by atoms with Crippen LogP contribution in [0.5, 0.6) is 5.75 Å². The number of carbonyl (C=O) groups excluding carboxylic acids is 2. The lowest BCUT2D eigenvalue weighted by Crippen LogP contribution is -2.35. The third kappa shape index (κ3) is 4.95. The standard InChI is InChI=1S/C23H24BrClN2O4/c1-4-31-18-10-7-15(13-17(18)25)21(28)19-20(14-5-8-16(24)9-6-14)27(12-11-26(2)3)23(30)22(19)29/h5-10,13,20,28H,4,11-12H2,1-3H3/t20-/m1/s1. The summed E-state index contributed by atoms with van der Waals surface area (Å²) in [5.41, 5.74) is 1.13. The number of aliphatic hydroxyl groups is 1. The Morgan fingerprint density at radius 2 is 1.87 bits per heavy atom. The molecule has 1 N–H and O–H groups in total. The van der Waals surface area contributed by atoms with Crippen LogP contribution in [0.1, 0.15) is 24.1 Å². The number of hydrogen-bond acceptors (Lipinski definition) is 5. The fourth-order valence-corrected chi connectivity index (χ4v) is 3.99. The van der Waals surface area contributed by atoms with E-state index in [9.17, 15) is 14.7 Å². The maximum atomic E-state index is 13.0. The molecule has 0 spiro atoms. The van der Waals surface area contributed by atoms with Crippen molar-refractivity contribution in [1.29, 1.82) is 0 Å². The van der Waals surface area contributed by atoms with Gasteiger partial charge in [0.15, 0.2) is 0 Å². The normalized spacial score (nSPS) is 18.1. The predicted molar refractivity (Wildman–Crippen MR) is 124 cm³/mol. The molecule has 1 atom stereocenters. The van der Waals surface area contributed by atoms with Crippen LogP contribution < -0.4 is 4.74 Å². The monoisotopic (exact) mass is 506 g/mol. The van der Waals surface area contributed by atoms with Crippen molar-refractivity contribution >= 4 is 45.0 Å². The number of carbonyl (C=O) groups is 2. The van der Waals surface area contributed by atoms with Gasteiger partial charge in [0.2, 0.25) is 0 Å². The average Bonchev–Trinajstić information content (AvgIpc) is 2.98. The number of likely N-dealkylation sites (N-methyl/N-ethyl adjacent to an activating group) is 1. The minimum absolute atomic E-state index is 0.0475. The first-order valence-electron chi connectivity index (χ1n) is 9.86. The smallest absolute Gasteiger partial charge is 0.295 e.